The molecule has 10 aliphatic rings. The zero-order chi connectivity index (χ0) is 65.5. The van der Waals surface area contributed by atoms with Crippen molar-refractivity contribution in [2.45, 2.75) is 319 Å². The highest BCUT2D eigenvalue weighted by molar-refractivity contribution is 6.74. The van der Waals surface area contributed by atoms with E-state index in [0.29, 0.717) is 118 Å². The summed E-state index contributed by atoms with van der Waals surface area (Å²) in [5, 5.41) is 29.9. The molecule has 10 saturated carbocycles. The van der Waals surface area contributed by atoms with E-state index < -0.39 is 16.6 Å². The Morgan fingerprint density at radius 2 is 0.921 bits per heavy atom. The number of hydrogen-bond acceptors (Lipinski definition) is 7. The van der Waals surface area contributed by atoms with Crippen molar-refractivity contribution >= 4 is 22.6 Å². The van der Waals surface area contributed by atoms with Crippen LogP contribution >= 0.6 is 0 Å². The van der Waals surface area contributed by atoms with Crippen molar-refractivity contribution in [1.29, 1.82) is 0 Å². The minimum Gasteiger partial charge on any atom is -0.462 e. The molecule has 0 aromatic carbocycles. The zero-order valence-corrected chi connectivity index (χ0v) is 63.2. The number of aliphatic hydroxyl groups is 3. The monoisotopic (exact) mass is 1270 g/mol. The second-order valence-corrected chi connectivity index (χ2v) is 46.2. The lowest BCUT2D eigenvalue weighted by molar-refractivity contribution is -0.147. The molecule has 89 heavy (non-hydrogen) atoms. The molecule has 0 aliphatic heterocycles. The van der Waals surface area contributed by atoms with E-state index in [2.05, 4.69) is 160 Å². The average Bonchev–Trinajstić information content (AvgIpc) is 1.57. The van der Waals surface area contributed by atoms with E-state index in [1.165, 1.54) is 141 Å². The Bertz CT molecular complexity index is 2540. The minimum absolute atomic E-state index is 0.0498. The van der Waals surface area contributed by atoms with Crippen molar-refractivity contribution < 1.29 is 33.7 Å². The Hall–Kier alpha value is -1.60. The molecule has 0 aromatic heterocycles. The maximum absolute atomic E-state index is 11.3. The number of hydrogen-bond donors (Lipinski definition) is 3. The molecule has 9 heteroatoms. The van der Waals surface area contributed by atoms with E-state index in [9.17, 15) is 20.1 Å². The summed E-state index contributed by atoms with van der Waals surface area (Å²) in [7, 11) is -3.39. The van der Waals surface area contributed by atoms with Gasteiger partial charge in [0.1, 0.15) is 6.10 Å². The predicted molar refractivity (Wildman–Crippen MR) is 378 cm³/mol. The molecular weight excluding hydrogens is 1130 g/mol. The lowest BCUT2D eigenvalue weighted by Crippen LogP contribution is -2.45. The summed E-state index contributed by atoms with van der Waals surface area (Å²) in [5.74, 6) is 8.17. The highest BCUT2D eigenvalue weighted by atomic mass is 28.4. The van der Waals surface area contributed by atoms with Crippen LogP contribution in [0.1, 0.15) is 265 Å². The van der Waals surface area contributed by atoms with E-state index in [1.807, 2.05) is 0 Å². The summed E-state index contributed by atoms with van der Waals surface area (Å²) < 4.78 is 19.2. The summed E-state index contributed by atoms with van der Waals surface area (Å²) in [6.07, 6.45) is 43.5. The van der Waals surface area contributed by atoms with Crippen LogP contribution in [0.25, 0.3) is 0 Å². The van der Waals surface area contributed by atoms with Gasteiger partial charge in [0.2, 0.25) is 0 Å². The van der Waals surface area contributed by atoms with Crippen LogP contribution in [0.2, 0.25) is 36.3 Å². The lowest BCUT2D eigenvalue weighted by Gasteiger charge is -2.44. The van der Waals surface area contributed by atoms with Gasteiger partial charge in [-0.15, -0.1) is 0 Å². The molecule has 7 nitrogen and oxygen atoms in total. The second kappa shape index (κ2) is 29.0. The van der Waals surface area contributed by atoms with Gasteiger partial charge in [-0.1, -0.05) is 162 Å². The van der Waals surface area contributed by atoms with Gasteiger partial charge in [0.05, 0.1) is 0 Å². The maximum Gasteiger partial charge on any atom is 0.302 e. The first-order valence-corrected chi connectivity index (χ1v) is 43.2. The number of aliphatic hydroxyl groups excluding tert-OH is 3. The molecule has 0 saturated heterocycles. The predicted octanol–water partition coefficient (Wildman–Crippen LogP) is 20.9. The average molecular weight is 1270 g/mol. The van der Waals surface area contributed by atoms with Gasteiger partial charge in [0.25, 0.3) is 0 Å². The Labute approximate surface area is 549 Å². The largest absolute Gasteiger partial charge is 0.462 e. The first-order chi connectivity index (χ1) is 41.5. The van der Waals surface area contributed by atoms with Gasteiger partial charge >= 0.3 is 5.97 Å². The van der Waals surface area contributed by atoms with Crippen molar-refractivity contribution in [3.05, 3.63) is 58.2 Å². The van der Waals surface area contributed by atoms with Crippen molar-refractivity contribution in [3.63, 3.8) is 0 Å². The topological polar surface area (TPSA) is 105 Å². The van der Waals surface area contributed by atoms with E-state index >= 15 is 0 Å². The van der Waals surface area contributed by atoms with Crippen LogP contribution in [-0.2, 0) is 18.4 Å². The van der Waals surface area contributed by atoms with Crippen LogP contribution in [0.3, 0.4) is 0 Å². The Balaban J connectivity index is 0.000000173. The summed E-state index contributed by atoms with van der Waals surface area (Å²) in [6.45, 7) is 47.7. The third-order valence-electron chi connectivity index (χ3n) is 28.3. The van der Waals surface area contributed by atoms with Gasteiger partial charge in [-0.3, -0.25) is 4.79 Å². The highest BCUT2D eigenvalue weighted by Gasteiger charge is 2.64. The van der Waals surface area contributed by atoms with Gasteiger partial charge in [0.15, 0.2) is 16.6 Å². The van der Waals surface area contributed by atoms with Gasteiger partial charge in [-0.05, 0) is 283 Å². The minimum atomic E-state index is -1.72. The fourth-order valence-electron chi connectivity index (χ4n) is 21.3. The van der Waals surface area contributed by atoms with Crippen molar-refractivity contribution in [3.8, 4) is 0 Å². The molecule has 10 fully saturated rings. The molecule has 3 N–H and O–H groups in total. The summed E-state index contributed by atoms with van der Waals surface area (Å²) in [6, 6.07) is 0. The molecule has 20 atom stereocenters. The number of allylic oxidation sites excluding steroid dienone is 8. The van der Waals surface area contributed by atoms with Crippen LogP contribution < -0.4 is 0 Å². The molecule has 10 rings (SSSR count). The van der Waals surface area contributed by atoms with Gasteiger partial charge in [0, 0.05) is 45.4 Å². The smallest absolute Gasteiger partial charge is 0.302 e. The fraction of sp³-hybridized carbons (Fsp3) is 0.863. The van der Waals surface area contributed by atoms with Crippen molar-refractivity contribution in [2.24, 2.45) is 98.6 Å². The normalized spacial score (nSPS) is 41.0. The van der Waals surface area contributed by atoms with E-state index in [-0.39, 0.29) is 17.1 Å². The Morgan fingerprint density at radius 1 is 0.539 bits per heavy atom. The Kier molecular flexibility index (Phi) is 23.9. The molecule has 0 radical (unpaired) electrons. The number of fused-ring (bicyclic) bond motifs is 4. The number of carbonyl (C=O) groups excluding carboxylic acids is 1. The second-order valence-electron chi connectivity index (χ2n) is 36.7. The number of ether oxygens (including phenoxy) is 1. The fourth-order valence-corrected chi connectivity index (χ4v) is 24.1. The third-order valence-corrected chi connectivity index (χ3v) is 37.4. The quantitative estimate of drug-likeness (QED) is 0.0852. The van der Waals surface area contributed by atoms with Crippen molar-refractivity contribution in [1.82, 2.24) is 0 Å². The number of carbonyl (C=O) groups is 1. The first-order valence-electron chi connectivity index (χ1n) is 37.4. The molecule has 0 aromatic rings. The van der Waals surface area contributed by atoms with Crippen LogP contribution in [-0.4, -0.2) is 76.1 Å². The lowest BCUT2D eigenvalue weighted by atomic mass is 9.61. The molecule has 0 bridgehead atoms. The van der Waals surface area contributed by atoms with E-state index in [0.717, 1.165) is 43.4 Å². The molecule has 0 spiro atoms. The molecule has 10 aliphatic carbocycles. The van der Waals surface area contributed by atoms with E-state index in [4.69, 9.17) is 13.6 Å². The van der Waals surface area contributed by atoms with Crippen molar-refractivity contribution in [2.75, 3.05) is 19.8 Å². The zero-order valence-electron chi connectivity index (χ0n) is 61.2. The molecule has 0 heterocycles. The van der Waals surface area contributed by atoms with Crippen LogP contribution in [0.5, 0.6) is 0 Å². The summed E-state index contributed by atoms with van der Waals surface area (Å²) in [4.78, 5) is 11.3. The molecule has 0 amide bonds. The number of rotatable bonds is 15. The maximum atomic E-state index is 11.3. The van der Waals surface area contributed by atoms with Crippen LogP contribution in [0.15, 0.2) is 58.2 Å². The molecular formula is C80H138O7Si2. The number of esters is 1. The highest BCUT2D eigenvalue weighted by Crippen LogP contribution is 2.70. The standard InChI is InChI=1S/2C28H50O2Si.C24H38O3/c1-19(18-29)24-11-12-25-21(10-9-13-27(24,25)6)14-20(2)28-16-22(28)15-23(17-28)30-31(7,8)26(3,4)5;1-20-16-22(18-24(17-20)30-31(7,8)27(3,4)5)11-12-23-10-9-15-28(6)25(21(2)19-29)13-14-26(23)28;1-16-12-19(14-21(13-16)27-18(3)26)7-8-20-6-5-11-24(4)22(17(2)15-25)9-10-23(20)24/h14,19-20,22-25,29H,9-13,15-18H2,1-8H3;11-12,20-21,24-26,29H,9-10,13-19H2,1-8H3;7-8,16-17,21-23,25H,5-6,9-15H2,1-4H3/b21-14+;22-11-,23-12+;19-7-,20-8+/t19-,20-,22?,23+,24-,25+,27-,28-;20-,21-,24+,25-,26+,28-;16-,17-,21+,22-,23+,24-/m111/s1. The molecule has 1 unspecified atom stereocenters. The van der Waals surface area contributed by atoms with Gasteiger partial charge in [-0.25, -0.2) is 0 Å². The van der Waals surface area contributed by atoms with Gasteiger partial charge in [-0.2, -0.15) is 0 Å². The molecule has 508 valence electrons. The van der Waals surface area contributed by atoms with Crippen LogP contribution in [0, 0.1) is 98.6 Å². The third kappa shape index (κ3) is 16.3. The Morgan fingerprint density at radius 3 is 1.33 bits per heavy atom. The van der Waals surface area contributed by atoms with Crippen LogP contribution in [0.4, 0.5) is 0 Å². The summed E-state index contributed by atoms with van der Waals surface area (Å²) in [5.41, 5.74) is 9.80. The first kappa shape index (κ1) is 73.2. The SMILES string of the molecule is CC(=O)O[C@@H]1C/C(=C\C=C2/CCC[C@]3(C)[C@@H]([C@H](C)CO)CC[C@@H]23)C[C@@H](C)C1.C[C@@H]1C/C(=C/C=C2\CCC[C@]3(C)[C@@H]([C@H](C)CO)CC[C@@H]23)C[C@@H](O[Si](C)(C)C(C)(C)C)C1.C[C@H](CO)[C@H]1CC[C@H]2/C(=C/[C@@H](C)[C@]34CC3C[C@H](O[Si](C)(C)C(C)(C)C)C4)CCC[C@]12C. The van der Waals surface area contributed by atoms with E-state index in [1.54, 1.807) is 22.3 Å². The van der Waals surface area contributed by atoms with Gasteiger partial charge < -0.3 is 28.9 Å². The summed E-state index contributed by atoms with van der Waals surface area (Å²) >= 11 is 0.